The second-order valence-corrected chi connectivity index (χ2v) is 6.68. The minimum absolute atomic E-state index is 0.146. The number of cyclic esters (lactones) is 1. The van der Waals surface area contributed by atoms with Crippen molar-refractivity contribution in [3.05, 3.63) is 71.8 Å². The summed E-state index contributed by atoms with van der Waals surface area (Å²) in [5.41, 5.74) is 2.09. The SMILES string of the molecule is CC#CC[C@H](C)C(=O)N1C(=O)OC[C@H]1C(c1ccccc1)c1ccccc1. The number of rotatable bonds is 5. The van der Waals surface area contributed by atoms with Gasteiger partial charge in [-0.1, -0.05) is 67.6 Å². The van der Waals surface area contributed by atoms with Gasteiger partial charge in [0.05, 0.1) is 6.04 Å². The number of hydrogen-bond donors (Lipinski definition) is 0. The quantitative estimate of drug-likeness (QED) is 0.749. The van der Waals surface area contributed by atoms with E-state index in [0.717, 1.165) is 11.1 Å². The van der Waals surface area contributed by atoms with E-state index in [9.17, 15) is 9.59 Å². The van der Waals surface area contributed by atoms with Gasteiger partial charge in [0.15, 0.2) is 0 Å². The van der Waals surface area contributed by atoms with Crippen LogP contribution in [0.1, 0.15) is 37.3 Å². The van der Waals surface area contributed by atoms with Crippen LogP contribution in [0.2, 0.25) is 0 Å². The molecule has 4 nitrogen and oxygen atoms in total. The Balaban J connectivity index is 1.98. The molecule has 2 aromatic rings. The zero-order chi connectivity index (χ0) is 19.2. The van der Waals surface area contributed by atoms with E-state index >= 15 is 0 Å². The molecule has 0 N–H and O–H groups in total. The molecule has 138 valence electrons. The molecule has 0 radical (unpaired) electrons. The lowest BCUT2D eigenvalue weighted by molar-refractivity contribution is -0.132. The molecule has 2 amide bonds. The average molecular weight is 361 g/mol. The van der Waals surface area contributed by atoms with E-state index in [-0.39, 0.29) is 30.4 Å². The third-order valence-electron chi connectivity index (χ3n) is 4.85. The van der Waals surface area contributed by atoms with E-state index in [2.05, 4.69) is 11.8 Å². The van der Waals surface area contributed by atoms with E-state index < -0.39 is 6.09 Å². The van der Waals surface area contributed by atoms with Gasteiger partial charge in [0.25, 0.3) is 0 Å². The Morgan fingerprint density at radius 3 is 2.19 bits per heavy atom. The summed E-state index contributed by atoms with van der Waals surface area (Å²) in [7, 11) is 0. The third-order valence-corrected chi connectivity index (χ3v) is 4.85. The molecule has 0 aromatic heterocycles. The lowest BCUT2D eigenvalue weighted by Crippen LogP contribution is -2.45. The van der Waals surface area contributed by atoms with Crippen molar-refractivity contribution in [1.29, 1.82) is 0 Å². The maximum absolute atomic E-state index is 13.0. The van der Waals surface area contributed by atoms with E-state index in [1.807, 2.05) is 60.7 Å². The van der Waals surface area contributed by atoms with E-state index in [1.165, 1.54) is 4.90 Å². The molecule has 0 aliphatic carbocycles. The number of ether oxygens (including phenoxy) is 1. The molecule has 27 heavy (non-hydrogen) atoms. The predicted molar refractivity (Wildman–Crippen MR) is 104 cm³/mol. The molecule has 0 saturated carbocycles. The molecule has 1 aliphatic heterocycles. The van der Waals surface area contributed by atoms with Gasteiger partial charge in [0.2, 0.25) is 5.91 Å². The summed E-state index contributed by atoms with van der Waals surface area (Å²) in [6.07, 6.45) is -0.147. The van der Waals surface area contributed by atoms with Crippen molar-refractivity contribution in [1.82, 2.24) is 4.90 Å². The van der Waals surface area contributed by atoms with Gasteiger partial charge in [-0.3, -0.25) is 4.79 Å². The summed E-state index contributed by atoms with van der Waals surface area (Å²) in [6.45, 7) is 3.73. The maximum Gasteiger partial charge on any atom is 0.417 e. The first-order valence-corrected chi connectivity index (χ1v) is 9.12. The minimum Gasteiger partial charge on any atom is -0.447 e. The van der Waals surface area contributed by atoms with Crippen molar-refractivity contribution < 1.29 is 14.3 Å². The summed E-state index contributed by atoms with van der Waals surface area (Å²) < 4.78 is 5.31. The Morgan fingerprint density at radius 1 is 1.11 bits per heavy atom. The molecule has 2 aromatic carbocycles. The van der Waals surface area contributed by atoms with Crippen LogP contribution in [0.3, 0.4) is 0 Å². The summed E-state index contributed by atoms with van der Waals surface area (Å²) >= 11 is 0. The van der Waals surface area contributed by atoms with Crippen LogP contribution < -0.4 is 0 Å². The number of carbonyl (C=O) groups is 2. The third kappa shape index (κ3) is 4.03. The molecule has 0 spiro atoms. The Kier molecular flexibility index (Phi) is 5.93. The van der Waals surface area contributed by atoms with Gasteiger partial charge in [-0.05, 0) is 18.1 Å². The summed E-state index contributed by atoms with van der Waals surface area (Å²) in [6, 6.07) is 19.5. The Bertz CT molecular complexity index is 812. The molecule has 0 unspecified atom stereocenters. The van der Waals surface area contributed by atoms with Crippen molar-refractivity contribution in [3.8, 4) is 11.8 Å². The van der Waals surface area contributed by atoms with E-state index in [4.69, 9.17) is 4.74 Å². The Labute approximate surface area is 160 Å². The fraction of sp³-hybridized carbons (Fsp3) is 0.304. The topological polar surface area (TPSA) is 46.6 Å². The molecule has 0 bridgehead atoms. The van der Waals surface area contributed by atoms with Crippen LogP contribution in [0.15, 0.2) is 60.7 Å². The van der Waals surface area contributed by atoms with Crippen LogP contribution in [-0.2, 0) is 9.53 Å². The van der Waals surface area contributed by atoms with Gasteiger partial charge in [-0.2, -0.15) is 0 Å². The summed E-state index contributed by atoms with van der Waals surface area (Å²) in [5, 5.41) is 0. The lowest BCUT2D eigenvalue weighted by Gasteiger charge is -2.30. The van der Waals surface area contributed by atoms with E-state index in [1.54, 1.807) is 13.8 Å². The molecular weight excluding hydrogens is 338 g/mol. The van der Waals surface area contributed by atoms with Crippen LogP contribution in [0, 0.1) is 17.8 Å². The molecule has 1 saturated heterocycles. The second kappa shape index (κ2) is 8.55. The molecule has 1 heterocycles. The van der Waals surface area contributed by atoms with Gasteiger partial charge in [-0.25, -0.2) is 9.69 Å². The molecule has 1 fully saturated rings. The fourth-order valence-corrected chi connectivity index (χ4v) is 3.47. The highest BCUT2D eigenvalue weighted by atomic mass is 16.6. The van der Waals surface area contributed by atoms with Crippen molar-refractivity contribution in [2.75, 3.05) is 6.61 Å². The number of carbonyl (C=O) groups excluding carboxylic acids is 2. The van der Waals surface area contributed by atoms with Crippen molar-refractivity contribution in [2.45, 2.75) is 32.2 Å². The first kappa shape index (κ1) is 18.7. The first-order chi connectivity index (χ1) is 13.1. The Morgan fingerprint density at radius 2 is 1.67 bits per heavy atom. The highest BCUT2D eigenvalue weighted by molar-refractivity contribution is 5.95. The second-order valence-electron chi connectivity index (χ2n) is 6.68. The monoisotopic (exact) mass is 361 g/mol. The zero-order valence-corrected chi connectivity index (χ0v) is 15.6. The standard InChI is InChI=1S/C23H23NO3/c1-3-4-11-17(2)22(25)24-20(16-27-23(24)26)21(18-12-7-5-8-13-18)19-14-9-6-10-15-19/h5-10,12-15,17,20-21H,11,16H2,1-2H3/t17-,20-/m0/s1. The predicted octanol–water partition coefficient (Wildman–Crippen LogP) is 4.22. The van der Waals surface area contributed by atoms with Gasteiger partial charge in [0.1, 0.15) is 6.61 Å². The number of benzene rings is 2. The molecule has 3 rings (SSSR count). The average Bonchev–Trinajstić information content (AvgIpc) is 3.08. The van der Waals surface area contributed by atoms with Crippen molar-refractivity contribution in [3.63, 3.8) is 0 Å². The normalized spacial score (nSPS) is 17.2. The van der Waals surface area contributed by atoms with Gasteiger partial charge in [-0.15, -0.1) is 11.8 Å². The number of imide groups is 1. The van der Waals surface area contributed by atoms with Crippen LogP contribution in [0.4, 0.5) is 4.79 Å². The summed E-state index contributed by atoms with van der Waals surface area (Å²) in [5.74, 6) is 4.99. The zero-order valence-electron chi connectivity index (χ0n) is 15.6. The highest BCUT2D eigenvalue weighted by Gasteiger charge is 2.44. The minimum atomic E-state index is -0.571. The highest BCUT2D eigenvalue weighted by Crippen LogP contribution is 2.35. The smallest absolute Gasteiger partial charge is 0.417 e. The first-order valence-electron chi connectivity index (χ1n) is 9.12. The van der Waals surface area contributed by atoms with Crippen LogP contribution in [0.5, 0.6) is 0 Å². The van der Waals surface area contributed by atoms with Gasteiger partial charge in [0, 0.05) is 18.3 Å². The van der Waals surface area contributed by atoms with Gasteiger partial charge >= 0.3 is 6.09 Å². The Hall–Kier alpha value is -3.06. The van der Waals surface area contributed by atoms with E-state index in [0.29, 0.717) is 6.42 Å². The number of nitrogens with zero attached hydrogens (tertiary/aromatic N) is 1. The lowest BCUT2D eigenvalue weighted by atomic mass is 9.84. The van der Waals surface area contributed by atoms with Gasteiger partial charge < -0.3 is 4.74 Å². The molecule has 4 heteroatoms. The number of amides is 2. The number of hydrogen-bond acceptors (Lipinski definition) is 3. The molecule has 1 aliphatic rings. The molecule has 2 atom stereocenters. The van der Waals surface area contributed by atoms with Crippen LogP contribution in [0.25, 0.3) is 0 Å². The van der Waals surface area contributed by atoms with Crippen LogP contribution in [-0.4, -0.2) is 29.5 Å². The van der Waals surface area contributed by atoms with Crippen molar-refractivity contribution in [2.24, 2.45) is 5.92 Å². The largest absolute Gasteiger partial charge is 0.447 e. The molecular formula is C23H23NO3. The van der Waals surface area contributed by atoms with Crippen molar-refractivity contribution >= 4 is 12.0 Å². The summed E-state index contributed by atoms with van der Waals surface area (Å²) in [4.78, 5) is 26.7. The van der Waals surface area contributed by atoms with Crippen LogP contribution >= 0.6 is 0 Å². The maximum atomic E-state index is 13.0. The fourth-order valence-electron chi connectivity index (χ4n) is 3.47.